The molecule has 0 amide bonds. The Morgan fingerprint density at radius 1 is 1.50 bits per heavy atom. The lowest BCUT2D eigenvalue weighted by molar-refractivity contribution is 0.587. The molecule has 100 valence electrons. The maximum atomic E-state index is 14.0. The van der Waals surface area contributed by atoms with Crippen LogP contribution in [0.1, 0.15) is 19.4 Å². The summed E-state index contributed by atoms with van der Waals surface area (Å²) in [6.07, 6.45) is 0. The highest BCUT2D eigenvalue weighted by atomic mass is 32.2. The summed E-state index contributed by atoms with van der Waals surface area (Å²) in [5.74, 6) is 2.15. The van der Waals surface area contributed by atoms with Crippen LogP contribution >= 0.6 is 11.8 Å². The molecule has 1 N–H and O–H groups in total. The third-order valence-electron chi connectivity index (χ3n) is 3.32. The number of thioether (sulfide) groups is 1. The monoisotopic (exact) mass is 268 g/mol. The van der Waals surface area contributed by atoms with E-state index in [2.05, 4.69) is 17.1 Å². The van der Waals surface area contributed by atoms with E-state index in [1.54, 1.807) is 6.07 Å². The van der Waals surface area contributed by atoms with Crippen molar-refractivity contribution >= 4 is 17.4 Å². The minimum Gasteiger partial charge on any atom is -0.367 e. The Bertz CT molecular complexity index is 397. The van der Waals surface area contributed by atoms with E-state index in [-0.39, 0.29) is 5.82 Å². The molecule has 1 aromatic carbocycles. The van der Waals surface area contributed by atoms with Crippen LogP contribution in [0.4, 0.5) is 10.1 Å². The van der Waals surface area contributed by atoms with Gasteiger partial charge in [0.2, 0.25) is 0 Å². The fraction of sp³-hybridized carbons (Fsp3) is 0.571. The summed E-state index contributed by atoms with van der Waals surface area (Å²) in [6.45, 7) is 6.73. The van der Waals surface area contributed by atoms with Gasteiger partial charge in [0.25, 0.3) is 0 Å². The SMILES string of the molecule is CCNCc1c(F)cccc1N1CCSCC1C. The van der Waals surface area contributed by atoms with Gasteiger partial charge in [-0.05, 0) is 25.6 Å². The van der Waals surface area contributed by atoms with Gasteiger partial charge < -0.3 is 10.2 Å². The lowest BCUT2D eigenvalue weighted by Crippen LogP contribution is -2.41. The lowest BCUT2D eigenvalue weighted by Gasteiger charge is -2.36. The van der Waals surface area contributed by atoms with Gasteiger partial charge in [-0.15, -0.1) is 0 Å². The highest BCUT2D eigenvalue weighted by molar-refractivity contribution is 7.99. The molecular weight excluding hydrogens is 247 g/mol. The highest BCUT2D eigenvalue weighted by Gasteiger charge is 2.22. The first-order valence-corrected chi connectivity index (χ1v) is 7.72. The van der Waals surface area contributed by atoms with E-state index in [0.29, 0.717) is 12.6 Å². The first kappa shape index (κ1) is 13.7. The van der Waals surface area contributed by atoms with Crippen LogP contribution in [0.2, 0.25) is 0 Å². The van der Waals surface area contributed by atoms with Crippen molar-refractivity contribution in [2.75, 3.05) is 29.5 Å². The molecule has 1 aliphatic heterocycles. The van der Waals surface area contributed by atoms with Gasteiger partial charge in [-0.2, -0.15) is 11.8 Å². The zero-order valence-corrected chi connectivity index (χ0v) is 11.9. The Morgan fingerprint density at radius 3 is 3.06 bits per heavy atom. The summed E-state index contributed by atoms with van der Waals surface area (Å²) in [7, 11) is 0. The smallest absolute Gasteiger partial charge is 0.129 e. The first-order valence-electron chi connectivity index (χ1n) is 6.56. The van der Waals surface area contributed by atoms with Gasteiger partial charge in [-0.3, -0.25) is 0 Å². The molecule has 4 heteroatoms. The van der Waals surface area contributed by atoms with Crippen LogP contribution in [-0.2, 0) is 6.54 Å². The zero-order chi connectivity index (χ0) is 13.0. The maximum Gasteiger partial charge on any atom is 0.129 e. The van der Waals surface area contributed by atoms with Crippen molar-refractivity contribution < 1.29 is 4.39 Å². The average molecular weight is 268 g/mol. The minimum absolute atomic E-state index is 0.0983. The molecule has 1 saturated heterocycles. The minimum atomic E-state index is -0.0983. The molecule has 1 unspecified atom stereocenters. The molecule has 0 aliphatic carbocycles. The van der Waals surface area contributed by atoms with Crippen LogP contribution in [0.3, 0.4) is 0 Å². The van der Waals surface area contributed by atoms with Crippen LogP contribution in [-0.4, -0.2) is 30.6 Å². The quantitative estimate of drug-likeness (QED) is 0.904. The van der Waals surface area contributed by atoms with Gasteiger partial charge in [-0.1, -0.05) is 13.0 Å². The predicted octanol–water partition coefficient (Wildman–Crippen LogP) is 2.88. The summed E-state index contributed by atoms with van der Waals surface area (Å²) in [5, 5.41) is 3.23. The number of anilines is 1. The Labute approximate surface area is 113 Å². The lowest BCUT2D eigenvalue weighted by atomic mass is 10.1. The molecule has 1 atom stereocenters. The summed E-state index contributed by atoms with van der Waals surface area (Å²) >= 11 is 1.98. The van der Waals surface area contributed by atoms with Crippen molar-refractivity contribution in [1.82, 2.24) is 5.32 Å². The number of hydrogen-bond donors (Lipinski definition) is 1. The van der Waals surface area contributed by atoms with Crippen LogP contribution in [0.5, 0.6) is 0 Å². The second-order valence-electron chi connectivity index (χ2n) is 4.64. The van der Waals surface area contributed by atoms with Crippen molar-refractivity contribution in [3.05, 3.63) is 29.6 Å². The number of halogens is 1. The second-order valence-corrected chi connectivity index (χ2v) is 5.79. The van der Waals surface area contributed by atoms with E-state index in [1.807, 2.05) is 30.8 Å². The first-order chi connectivity index (χ1) is 8.74. The number of nitrogens with one attached hydrogen (secondary N) is 1. The van der Waals surface area contributed by atoms with Crippen molar-refractivity contribution in [3.8, 4) is 0 Å². The Morgan fingerprint density at radius 2 is 2.33 bits per heavy atom. The Kier molecular flexibility index (Phi) is 4.89. The van der Waals surface area contributed by atoms with Gasteiger partial charge in [0.15, 0.2) is 0 Å². The van der Waals surface area contributed by atoms with E-state index in [4.69, 9.17) is 0 Å². The van der Waals surface area contributed by atoms with Crippen LogP contribution in [0, 0.1) is 5.82 Å². The van der Waals surface area contributed by atoms with Gasteiger partial charge in [0.05, 0.1) is 0 Å². The highest BCUT2D eigenvalue weighted by Crippen LogP contribution is 2.28. The van der Waals surface area contributed by atoms with Gasteiger partial charge >= 0.3 is 0 Å². The predicted molar refractivity (Wildman–Crippen MR) is 77.9 cm³/mol. The molecule has 0 spiro atoms. The topological polar surface area (TPSA) is 15.3 Å². The Balaban J connectivity index is 2.27. The second kappa shape index (κ2) is 6.43. The summed E-state index contributed by atoms with van der Waals surface area (Å²) in [5.41, 5.74) is 1.86. The number of benzene rings is 1. The summed E-state index contributed by atoms with van der Waals surface area (Å²) in [6, 6.07) is 5.89. The molecule has 1 aromatic rings. The molecule has 2 nitrogen and oxygen atoms in total. The standard InChI is InChI=1S/C14H21FN2S/c1-3-16-9-12-13(15)5-4-6-14(12)17-7-8-18-10-11(17)2/h4-6,11,16H,3,7-10H2,1-2H3. The Hall–Kier alpha value is -0.740. The largest absolute Gasteiger partial charge is 0.367 e. The van der Waals surface area contributed by atoms with E-state index in [9.17, 15) is 4.39 Å². The van der Waals surface area contributed by atoms with E-state index in [0.717, 1.165) is 35.8 Å². The molecule has 0 bridgehead atoms. The van der Waals surface area contributed by atoms with Crippen LogP contribution in [0.25, 0.3) is 0 Å². The van der Waals surface area contributed by atoms with Crippen LogP contribution in [0.15, 0.2) is 18.2 Å². The molecule has 1 heterocycles. The van der Waals surface area contributed by atoms with Gasteiger partial charge in [0, 0.05) is 41.9 Å². The van der Waals surface area contributed by atoms with E-state index >= 15 is 0 Å². The van der Waals surface area contributed by atoms with Crippen molar-refractivity contribution in [1.29, 1.82) is 0 Å². The fourth-order valence-electron chi connectivity index (χ4n) is 2.33. The van der Waals surface area contributed by atoms with E-state index < -0.39 is 0 Å². The maximum absolute atomic E-state index is 14.0. The molecular formula is C14H21FN2S. The van der Waals surface area contributed by atoms with Crippen LogP contribution < -0.4 is 10.2 Å². The third-order valence-corrected chi connectivity index (χ3v) is 4.51. The fourth-order valence-corrected chi connectivity index (χ4v) is 3.34. The number of hydrogen-bond acceptors (Lipinski definition) is 3. The zero-order valence-electron chi connectivity index (χ0n) is 11.1. The normalized spacial score (nSPS) is 20.2. The van der Waals surface area contributed by atoms with Gasteiger partial charge in [-0.25, -0.2) is 4.39 Å². The molecule has 1 fully saturated rings. The molecule has 1 aliphatic rings. The van der Waals surface area contributed by atoms with Crippen molar-refractivity contribution in [3.63, 3.8) is 0 Å². The summed E-state index contributed by atoms with van der Waals surface area (Å²) < 4.78 is 14.0. The molecule has 18 heavy (non-hydrogen) atoms. The molecule has 0 aromatic heterocycles. The number of nitrogens with zero attached hydrogens (tertiary/aromatic N) is 1. The average Bonchev–Trinajstić information content (AvgIpc) is 2.38. The van der Waals surface area contributed by atoms with Crippen molar-refractivity contribution in [2.24, 2.45) is 0 Å². The van der Waals surface area contributed by atoms with Crippen molar-refractivity contribution in [2.45, 2.75) is 26.4 Å². The third kappa shape index (κ3) is 2.98. The van der Waals surface area contributed by atoms with E-state index in [1.165, 1.54) is 0 Å². The molecule has 0 radical (unpaired) electrons. The summed E-state index contributed by atoms with van der Waals surface area (Å²) in [4.78, 5) is 2.34. The molecule has 2 rings (SSSR count). The number of rotatable bonds is 4. The van der Waals surface area contributed by atoms with Gasteiger partial charge in [0.1, 0.15) is 5.82 Å². The molecule has 0 saturated carbocycles.